The van der Waals surface area contributed by atoms with Gasteiger partial charge >= 0.3 is 0 Å². The topological polar surface area (TPSA) is 91.6 Å². The van der Waals surface area contributed by atoms with Crippen molar-refractivity contribution in [2.24, 2.45) is 0 Å². The first-order valence-electron chi connectivity index (χ1n) is 10.9. The Labute approximate surface area is 196 Å². The zero-order valence-electron chi connectivity index (χ0n) is 18.8. The molecule has 1 aromatic heterocycles. The molecule has 1 aliphatic rings. The second kappa shape index (κ2) is 10.1. The van der Waals surface area contributed by atoms with Gasteiger partial charge in [-0.3, -0.25) is 19.8 Å². The van der Waals surface area contributed by atoms with Crippen molar-refractivity contribution in [3.05, 3.63) is 69.3 Å². The molecule has 0 atom stereocenters. The van der Waals surface area contributed by atoms with Crippen LogP contribution >= 0.6 is 11.3 Å². The largest absolute Gasteiger partial charge is 0.351 e. The number of carbonyl (C=O) groups excluding carboxylic acids is 1. The van der Waals surface area contributed by atoms with Crippen molar-refractivity contribution in [3.63, 3.8) is 0 Å². The molecule has 8 nitrogen and oxygen atoms in total. The molecule has 3 aromatic rings. The van der Waals surface area contributed by atoms with Gasteiger partial charge in [-0.05, 0) is 54.8 Å². The highest BCUT2D eigenvalue weighted by molar-refractivity contribution is 7.22. The number of benzene rings is 2. The highest BCUT2D eigenvalue weighted by Gasteiger charge is 2.20. The molecular weight excluding hydrogens is 438 g/mol. The normalized spacial score (nSPS) is 14.8. The number of hydrogen-bond donors (Lipinski definition) is 1. The molecular formula is C24H27N5O3S. The summed E-state index contributed by atoms with van der Waals surface area (Å²) in [6.45, 7) is 9.33. The first-order chi connectivity index (χ1) is 15.9. The van der Waals surface area contributed by atoms with Gasteiger partial charge in [-0.1, -0.05) is 17.4 Å². The number of nitrogens with zero attached hydrogens (tertiary/aromatic N) is 4. The zero-order chi connectivity index (χ0) is 23.4. The lowest BCUT2D eigenvalue weighted by Gasteiger charge is -2.34. The standard InChI is InChI=1S/C24H27N5O3S/c1-17-15-18(2)23-21(16-17)26-24(33-23)28-13-11-27(12-14-28)10-9-25-22(30)8-5-19-3-6-20(7-4-19)29(31)32/h3-8,15-16H,9-14H2,1-2H3,(H,25,30)/b8-5-. The van der Waals surface area contributed by atoms with Crippen LogP contribution in [-0.2, 0) is 4.79 Å². The fraction of sp³-hybridized carbons (Fsp3) is 0.333. The molecule has 1 aliphatic heterocycles. The number of anilines is 1. The van der Waals surface area contributed by atoms with E-state index >= 15 is 0 Å². The van der Waals surface area contributed by atoms with Gasteiger partial charge in [0.1, 0.15) is 0 Å². The van der Waals surface area contributed by atoms with Crippen molar-refractivity contribution in [2.45, 2.75) is 13.8 Å². The third-order valence-electron chi connectivity index (χ3n) is 5.71. The number of nitrogens with one attached hydrogen (secondary N) is 1. The summed E-state index contributed by atoms with van der Waals surface area (Å²) in [5.41, 5.74) is 4.38. The van der Waals surface area contributed by atoms with E-state index in [-0.39, 0.29) is 11.6 Å². The predicted molar refractivity (Wildman–Crippen MR) is 133 cm³/mol. The second-order valence-electron chi connectivity index (χ2n) is 8.23. The lowest BCUT2D eigenvalue weighted by Crippen LogP contribution is -2.48. The van der Waals surface area contributed by atoms with E-state index in [1.807, 2.05) is 0 Å². The van der Waals surface area contributed by atoms with Crippen molar-refractivity contribution in [2.75, 3.05) is 44.2 Å². The Hall–Kier alpha value is -3.30. The Morgan fingerprint density at radius 1 is 1.18 bits per heavy atom. The first kappa shape index (κ1) is 22.9. The van der Waals surface area contributed by atoms with Crippen LogP contribution in [-0.4, -0.2) is 60.0 Å². The van der Waals surface area contributed by atoms with Crippen LogP contribution in [0.1, 0.15) is 16.7 Å². The average molecular weight is 466 g/mol. The number of nitro groups is 1. The van der Waals surface area contributed by atoms with E-state index in [2.05, 4.69) is 41.1 Å². The highest BCUT2D eigenvalue weighted by Crippen LogP contribution is 2.32. The Morgan fingerprint density at radius 2 is 1.91 bits per heavy atom. The van der Waals surface area contributed by atoms with Crippen molar-refractivity contribution in [1.82, 2.24) is 15.2 Å². The van der Waals surface area contributed by atoms with Crippen molar-refractivity contribution < 1.29 is 9.72 Å². The minimum Gasteiger partial charge on any atom is -0.351 e. The first-order valence-corrected chi connectivity index (χ1v) is 11.8. The third-order valence-corrected chi connectivity index (χ3v) is 6.98. The summed E-state index contributed by atoms with van der Waals surface area (Å²) >= 11 is 1.77. The predicted octanol–water partition coefficient (Wildman–Crippen LogP) is 3.77. The Bertz CT molecular complexity index is 1180. The van der Waals surface area contributed by atoms with E-state index in [0.717, 1.165) is 48.9 Å². The molecule has 1 amide bonds. The Morgan fingerprint density at radius 3 is 2.61 bits per heavy atom. The molecule has 0 saturated carbocycles. The SMILES string of the molecule is Cc1cc(C)c2sc(N3CCN(CCNC(=O)/C=C\c4ccc([N+](=O)[O-])cc4)CC3)nc2c1. The van der Waals surface area contributed by atoms with Crippen LogP contribution in [0.3, 0.4) is 0 Å². The van der Waals surface area contributed by atoms with Gasteiger partial charge in [0, 0.05) is 57.5 Å². The van der Waals surface area contributed by atoms with Crippen LogP contribution in [0.5, 0.6) is 0 Å². The number of amides is 1. The van der Waals surface area contributed by atoms with Crippen LogP contribution in [0.15, 0.2) is 42.5 Å². The van der Waals surface area contributed by atoms with Gasteiger partial charge in [0.25, 0.3) is 5.69 Å². The van der Waals surface area contributed by atoms with E-state index < -0.39 is 4.92 Å². The van der Waals surface area contributed by atoms with E-state index in [1.54, 1.807) is 29.5 Å². The molecule has 0 spiro atoms. The van der Waals surface area contributed by atoms with Crippen LogP contribution in [0.2, 0.25) is 0 Å². The molecule has 0 aliphatic carbocycles. The van der Waals surface area contributed by atoms with Gasteiger partial charge in [-0.15, -0.1) is 0 Å². The fourth-order valence-electron chi connectivity index (χ4n) is 3.94. The number of non-ortho nitro benzene ring substituents is 1. The number of carbonyl (C=O) groups is 1. The monoisotopic (exact) mass is 465 g/mol. The molecule has 2 heterocycles. The van der Waals surface area contributed by atoms with Gasteiger partial charge < -0.3 is 10.2 Å². The van der Waals surface area contributed by atoms with E-state index in [9.17, 15) is 14.9 Å². The summed E-state index contributed by atoms with van der Waals surface area (Å²) in [5.74, 6) is -0.174. The van der Waals surface area contributed by atoms with Crippen molar-refractivity contribution in [1.29, 1.82) is 0 Å². The number of fused-ring (bicyclic) bond motifs is 1. The number of thiazole rings is 1. The summed E-state index contributed by atoms with van der Waals surface area (Å²) in [7, 11) is 0. The van der Waals surface area contributed by atoms with Gasteiger partial charge in [-0.25, -0.2) is 4.98 Å². The van der Waals surface area contributed by atoms with Crippen LogP contribution < -0.4 is 10.2 Å². The molecule has 172 valence electrons. The van der Waals surface area contributed by atoms with Gasteiger partial charge in [0.05, 0.1) is 15.1 Å². The molecule has 1 N–H and O–H groups in total. The van der Waals surface area contributed by atoms with Gasteiger partial charge in [-0.2, -0.15) is 0 Å². The zero-order valence-corrected chi connectivity index (χ0v) is 19.6. The average Bonchev–Trinajstić information content (AvgIpc) is 3.23. The number of aromatic nitrogens is 1. The summed E-state index contributed by atoms with van der Waals surface area (Å²) in [6, 6.07) is 10.4. The number of rotatable bonds is 7. The maximum atomic E-state index is 12.1. The quantitative estimate of drug-likeness (QED) is 0.324. The minimum absolute atomic E-state index is 0.0324. The Balaban J connectivity index is 1.21. The van der Waals surface area contributed by atoms with Crippen LogP contribution in [0.25, 0.3) is 16.3 Å². The molecule has 0 radical (unpaired) electrons. The van der Waals surface area contributed by atoms with E-state index in [0.29, 0.717) is 6.54 Å². The van der Waals surface area contributed by atoms with E-state index in [4.69, 9.17) is 4.98 Å². The maximum Gasteiger partial charge on any atom is 0.269 e. The van der Waals surface area contributed by atoms with Crippen LogP contribution in [0.4, 0.5) is 10.8 Å². The minimum atomic E-state index is -0.444. The lowest BCUT2D eigenvalue weighted by atomic mass is 10.1. The molecule has 1 fully saturated rings. The van der Waals surface area contributed by atoms with E-state index in [1.165, 1.54) is 34.0 Å². The van der Waals surface area contributed by atoms with Gasteiger partial charge in [0.15, 0.2) is 5.13 Å². The number of hydrogen-bond acceptors (Lipinski definition) is 7. The summed E-state index contributed by atoms with van der Waals surface area (Å²) in [5, 5.41) is 14.7. The number of nitro benzene ring substituents is 1. The molecule has 0 bridgehead atoms. The molecule has 0 unspecified atom stereocenters. The third kappa shape index (κ3) is 5.74. The summed E-state index contributed by atoms with van der Waals surface area (Å²) < 4.78 is 1.27. The van der Waals surface area contributed by atoms with Crippen LogP contribution in [0, 0.1) is 24.0 Å². The maximum absolute atomic E-state index is 12.1. The van der Waals surface area contributed by atoms with Crippen molar-refractivity contribution in [3.8, 4) is 0 Å². The van der Waals surface area contributed by atoms with Gasteiger partial charge in [0.2, 0.25) is 5.91 Å². The van der Waals surface area contributed by atoms with Crippen molar-refractivity contribution >= 4 is 44.4 Å². The summed E-state index contributed by atoms with van der Waals surface area (Å²) in [4.78, 5) is 31.9. The summed E-state index contributed by atoms with van der Waals surface area (Å²) in [6.07, 6.45) is 3.11. The molecule has 33 heavy (non-hydrogen) atoms. The fourth-order valence-corrected chi connectivity index (χ4v) is 5.01. The lowest BCUT2D eigenvalue weighted by molar-refractivity contribution is -0.384. The number of piperazine rings is 1. The second-order valence-corrected chi connectivity index (χ2v) is 9.21. The Kier molecular flexibility index (Phi) is 7.00. The number of aryl methyl sites for hydroxylation is 2. The molecule has 4 rings (SSSR count). The highest BCUT2D eigenvalue weighted by atomic mass is 32.1. The molecule has 9 heteroatoms. The smallest absolute Gasteiger partial charge is 0.269 e. The molecule has 1 saturated heterocycles. The molecule has 2 aromatic carbocycles.